The normalized spacial score (nSPS) is 12.9. The number of ether oxygens (including phenoxy) is 2. The standard InChI is InChI=1S/C80H160NO8P/c1-6-8-10-12-14-16-18-20-22-24-26-28-30-32-34-36-38-40-41-43-45-47-49-51-53-55-57-59-61-63-65-67-69-71-73-80(83)89-78(77-88-90(84,85)87-75-74-81(3,4)5)76-86-79(82)72-70-68-66-64-62-60-58-56-54-52-50-48-46-44-42-39-37-35-33-31-29-27-25-23-21-19-17-15-13-11-9-7-2/h78H,6-77H2,1-5H3/p+1. The summed E-state index contributed by atoms with van der Waals surface area (Å²) in [6.45, 7) is 4.55. The minimum absolute atomic E-state index is 0.0379. The molecule has 0 aromatic heterocycles. The van der Waals surface area contributed by atoms with E-state index in [0.29, 0.717) is 17.4 Å². The van der Waals surface area contributed by atoms with Gasteiger partial charge >= 0.3 is 19.8 Å². The number of esters is 2. The molecular formula is C80H161NO8P+. The first-order chi connectivity index (χ1) is 44.0. The van der Waals surface area contributed by atoms with Crippen molar-refractivity contribution in [3.8, 4) is 0 Å². The first-order valence-electron chi connectivity index (χ1n) is 40.8. The average Bonchev–Trinajstić information content (AvgIpc) is 3.58. The fraction of sp³-hybridized carbons (Fsp3) is 0.975. The second-order valence-electron chi connectivity index (χ2n) is 29.5. The molecule has 0 fully saturated rings. The third-order valence-corrected chi connectivity index (χ3v) is 20.1. The van der Waals surface area contributed by atoms with Crippen molar-refractivity contribution >= 4 is 19.8 Å². The number of carbonyl (C=O) groups is 2. The first kappa shape index (κ1) is 89.0. The Morgan fingerprint density at radius 3 is 0.711 bits per heavy atom. The predicted octanol–water partition coefficient (Wildman–Crippen LogP) is 26.8. The van der Waals surface area contributed by atoms with Gasteiger partial charge in [-0.05, 0) is 12.8 Å². The van der Waals surface area contributed by atoms with Crippen LogP contribution in [-0.4, -0.2) is 74.9 Å². The van der Waals surface area contributed by atoms with Gasteiger partial charge in [0.05, 0.1) is 27.7 Å². The maximum absolute atomic E-state index is 12.9. The molecule has 538 valence electrons. The van der Waals surface area contributed by atoms with Crippen LogP contribution in [0.2, 0.25) is 0 Å². The van der Waals surface area contributed by atoms with Crippen molar-refractivity contribution in [3.05, 3.63) is 0 Å². The van der Waals surface area contributed by atoms with Gasteiger partial charge in [0.15, 0.2) is 6.10 Å². The summed E-state index contributed by atoms with van der Waals surface area (Å²) in [5.74, 6) is -0.764. The summed E-state index contributed by atoms with van der Waals surface area (Å²) in [5, 5.41) is 0. The molecule has 0 rings (SSSR count). The van der Waals surface area contributed by atoms with Crippen LogP contribution in [0.5, 0.6) is 0 Å². The van der Waals surface area contributed by atoms with Crippen molar-refractivity contribution in [2.45, 2.75) is 457 Å². The van der Waals surface area contributed by atoms with E-state index in [9.17, 15) is 19.0 Å². The molecule has 0 heterocycles. The van der Waals surface area contributed by atoms with Gasteiger partial charge in [-0.1, -0.05) is 425 Å². The van der Waals surface area contributed by atoms with Gasteiger partial charge in [-0.3, -0.25) is 18.6 Å². The van der Waals surface area contributed by atoms with Crippen LogP contribution in [0.3, 0.4) is 0 Å². The molecule has 0 aliphatic carbocycles. The minimum Gasteiger partial charge on any atom is -0.462 e. The van der Waals surface area contributed by atoms with Crippen LogP contribution in [0.4, 0.5) is 0 Å². The molecule has 0 aromatic rings. The maximum atomic E-state index is 12.9. The highest BCUT2D eigenvalue weighted by Gasteiger charge is 2.27. The van der Waals surface area contributed by atoms with Gasteiger partial charge in [0.2, 0.25) is 0 Å². The molecule has 10 heteroatoms. The van der Waals surface area contributed by atoms with Crippen LogP contribution in [0, 0.1) is 0 Å². The fourth-order valence-corrected chi connectivity index (χ4v) is 13.7. The quantitative estimate of drug-likeness (QED) is 0.0278. The molecule has 2 unspecified atom stereocenters. The molecular weight excluding hydrogens is 1130 g/mol. The number of quaternary nitrogens is 1. The Hall–Kier alpha value is -0.990. The molecule has 90 heavy (non-hydrogen) atoms. The Kier molecular flexibility index (Phi) is 71.5. The lowest BCUT2D eigenvalue weighted by Gasteiger charge is -2.24. The zero-order chi connectivity index (χ0) is 65.5. The molecule has 0 aliphatic heterocycles. The van der Waals surface area contributed by atoms with E-state index in [1.807, 2.05) is 21.1 Å². The lowest BCUT2D eigenvalue weighted by atomic mass is 10.0. The van der Waals surface area contributed by atoms with Crippen LogP contribution in [-0.2, 0) is 32.7 Å². The van der Waals surface area contributed by atoms with E-state index in [1.54, 1.807) is 0 Å². The zero-order valence-electron chi connectivity index (χ0n) is 61.7. The van der Waals surface area contributed by atoms with E-state index in [4.69, 9.17) is 18.5 Å². The summed E-state index contributed by atoms with van der Waals surface area (Å²) < 4.78 is 34.9. The predicted molar refractivity (Wildman–Crippen MR) is 391 cm³/mol. The highest BCUT2D eigenvalue weighted by molar-refractivity contribution is 7.47. The Balaban J connectivity index is 3.88. The number of phosphoric ester groups is 1. The molecule has 0 saturated carbocycles. The topological polar surface area (TPSA) is 108 Å². The summed E-state index contributed by atoms with van der Waals surface area (Å²) in [7, 11) is 1.51. The smallest absolute Gasteiger partial charge is 0.462 e. The molecule has 0 amide bonds. The van der Waals surface area contributed by atoms with Crippen LogP contribution in [0.1, 0.15) is 450 Å². The number of unbranched alkanes of at least 4 members (excludes halogenated alkanes) is 64. The summed E-state index contributed by atoms with van der Waals surface area (Å²) >= 11 is 0. The number of nitrogens with zero attached hydrogens (tertiary/aromatic N) is 1. The molecule has 0 aromatic carbocycles. The molecule has 2 atom stereocenters. The number of likely N-dealkylation sites (N-methyl/N-ethyl adjacent to an activating group) is 1. The number of carbonyl (C=O) groups excluding carboxylic acids is 2. The van der Waals surface area contributed by atoms with Crippen molar-refractivity contribution in [1.82, 2.24) is 0 Å². The van der Waals surface area contributed by atoms with Crippen molar-refractivity contribution in [2.24, 2.45) is 0 Å². The molecule has 0 radical (unpaired) electrons. The number of rotatable bonds is 78. The highest BCUT2D eigenvalue weighted by Crippen LogP contribution is 2.43. The maximum Gasteiger partial charge on any atom is 0.472 e. The number of phosphoric acid groups is 1. The lowest BCUT2D eigenvalue weighted by molar-refractivity contribution is -0.870. The van der Waals surface area contributed by atoms with Crippen molar-refractivity contribution in [1.29, 1.82) is 0 Å². The lowest BCUT2D eigenvalue weighted by Crippen LogP contribution is -2.37. The molecule has 9 nitrogen and oxygen atoms in total. The van der Waals surface area contributed by atoms with E-state index >= 15 is 0 Å². The second-order valence-corrected chi connectivity index (χ2v) is 31.0. The van der Waals surface area contributed by atoms with E-state index in [-0.39, 0.29) is 25.6 Å². The van der Waals surface area contributed by atoms with Gasteiger partial charge in [-0.2, -0.15) is 0 Å². The van der Waals surface area contributed by atoms with Crippen LogP contribution in [0.25, 0.3) is 0 Å². The Bertz CT molecular complexity index is 1470. The molecule has 0 aliphatic rings. The third-order valence-electron chi connectivity index (χ3n) is 19.1. The zero-order valence-corrected chi connectivity index (χ0v) is 62.6. The largest absolute Gasteiger partial charge is 0.472 e. The molecule has 0 saturated heterocycles. The number of hydrogen-bond donors (Lipinski definition) is 1. The van der Waals surface area contributed by atoms with Gasteiger partial charge in [-0.25, -0.2) is 4.57 Å². The first-order valence-corrected chi connectivity index (χ1v) is 42.3. The average molecular weight is 1300 g/mol. The van der Waals surface area contributed by atoms with Crippen LogP contribution >= 0.6 is 7.82 Å². The van der Waals surface area contributed by atoms with Gasteiger partial charge < -0.3 is 18.9 Å². The van der Waals surface area contributed by atoms with E-state index in [0.717, 1.165) is 38.5 Å². The second kappa shape index (κ2) is 72.3. The monoisotopic (exact) mass is 1300 g/mol. The molecule has 0 bridgehead atoms. The molecule has 0 spiro atoms. The number of hydrogen-bond acceptors (Lipinski definition) is 7. The van der Waals surface area contributed by atoms with Crippen molar-refractivity contribution in [2.75, 3.05) is 47.5 Å². The van der Waals surface area contributed by atoms with Crippen LogP contribution in [0.15, 0.2) is 0 Å². The van der Waals surface area contributed by atoms with Gasteiger partial charge in [0.25, 0.3) is 0 Å². The third kappa shape index (κ3) is 76.0. The summed E-state index contributed by atoms with van der Waals surface area (Å²) in [6.07, 6.45) is 89.8. The van der Waals surface area contributed by atoms with E-state index in [2.05, 4.69) is 13.8 Å². The van der Waals surface area contributed by atoms with Gasteiger partial charge in [-0.15, -0.1) is 0 Å². The minimum atomic E-state index is -4.39. The Morgan fingerprint density at radius 1 is 0.300 bits per heavy atom. The van der Waals surface area contributed by atoms with Crippen LogP contribution < -0.4 is 0 Å². The summed E-state index contributed by atoms with van der Waals surface area (Å²) in [4.78, 5) is 36.0. The Morgan fingerprint density at radius 2 is 0.500 bits per heavy atom. The van der Waals surface area contributed by atoms with Gasteiger partial charge in [0, 0.05) is 12.8 Å². The SMILES string of the molecule is CCCCCCCCCCCCCCCCCCCCCCCCCCCCCCCCCCCCC(=O)OC(COC(=O)CCCCCCCCCCCCCCCCCCCCCCCCCCCCCCCCCC)COP(=O)(O)OCC[N+](C)(C)C. The van der Waals surface area contributed by atoms with Crippen molar-refractivity contribution in [3.63, 3.8) is 0 Å². The van der Waals surface area contributed by atoms with E-state index < -0.39 is 26.5 Å². The summed E-state index contributed by atoms with van der Waals surface area (Å²) in [5.41, 5.74) is 0. The van der Waals surface area contributed by atoms with Crippen molar-refractivity contribution < 1.29 is 42.1 Å². The van der Waals surface area contributed by atoms with E-state index in [1.165, 1.54) is 385 Å². The highest BCUT2D eigenvalue weighted by atomic mass is 31.2. The Labute approximate surface area is 563 Å². The summed E-state index contributed by atoms with van der Waals surface area (Å²) in [6, 6.07) is 0. The van der Waals surface area contributed by atoms with Gasteiger partial charge in [0.1, 0.15) is 19.8 Å². The molecule has 1 N–H and O–H groups in total. The fourth-order valence-electron chi connectivity index (χ4n) is 12.9.